The average Bonchev–Trinajstić information content (AvgIpc) is 3.43. The van der Waals surface area contributed by atoms with Gasteiger partial charge in [-0.2, -0.15) is 0 Å². The number of rotatable bonds is 0. The first kappa shape index (κ1) is 91.2. The van der Waals surface area contributed by atoms with E-state index in [-0.39, 0.29) is 0 Å². The number of aryl methyl sites for hydroxylation is 6. The maximum atomic E-state index is 3.88. The zero-order valence-electron chi connectivity index (χ0n) is 49.1. The fraction of sp³-hybridized carbons (Fsp3) is 0.526. The van der Waals surface area contributed by atoms with Crippen molar-refractivity contribution in [1.82, 2.24) is 44.9 Å². The predicted molar refractivity (Wildman–Crippen MR) is 303 cm³/mol. The van der Waals surface area contributed by atoms with Gasteiger partial charge in [-0.3, -0.25) is 9.97 Å². The molecule has 6 rings (SSSR count). The van der Waals surface area contributed by atoms with Gasteiger partial charge in [0.15, 0.2) is 0 Å². The zero-order valence-corrected chi connectivity index (χ0v) is 49.1. The lowest BCUT2D eigenvalue weighted by atomic mass is 10.2. The van der Waals surface area contributed by atoms with Gasteiger partial charge in [0, 0.05) is 49.1 Å². The highest BCUT2D eigenvalue weighted by molar-refractivity contribution is 5.11. The van der Waals surface area contributed by atoms with Crippen LogP contribution in [-0.4, -0.2) is 44.9 Å². The highest BCUT2D eigenvalue weighted by Gasteiger charge is 1.77. The highest BCUT2D eigenvalue weighted by Crippen LogP contribution is 1.92. The third-order valence-electron chi connectivity index (χ3n) is 4.64. The van der Waals surface area contributed by atoms with Crippen molar-refractivity contribution < 1.29 is 0 Å². The van der Waals surface area contributed by atoms with Crippen LogP contribution in [0.2, 0.25) is 0 Å². The van der Waals surface area contributed by atoms with Gasteiger partial charge in [-0.15, -0.1) is 0 Å². The van der Waals surface area contributed by atoms with E-state index in [1.165, 1.54) is 42.0 Å². The van der Waals surface area contributed by atoms with E-state index >= 15 is 0 Å². The van der Waals surface area contributed by atoms with Crippen molar-refractivity contribution in [1.29, 1.82) is 0 Å². The quantitative estimate of drug-likeness (QED) is 0.147. The first-order chi connectivity index (χ1) is 32.4. The maximum absolute atomic E-state index is 3.88. The second-order valence-electron chi connectivity index (χ2n) is 8.66. The minimum Gasteiger partial charge on any atom is -0.265 e. The molecule has 5 heterocycles. The summed E-state index contributed by atoms with van der Waals surface area (Å²) in [6.07, 6.45) is 18.5. The second kappa shape index (κ2) is 113. The Bertz CT molecular complexity index is 1110. The van der Waals surface area contributed by atoms with Crippen molar-refractivity contribution in [3.05, 3.63) is 163 Å². The molecule has 0 bridgehead atoms. The molecule has 0 saturated carbocycles. The molecule has 0 aliphatic heterocycles. The third-order valence-corrected chi connectivity index (χ3v) is 4.64. The van der Waals surface area contributed by atoms with Crippen LogP contribution in [0.15, 0.2) is 129 Å². The fourth-order valence-electron chi connectivity index (χ4n) is 2.44. The van der Waals surface area contributed by atoms with Gasteiger partial charge in [-0.25, -0.2) is 34.9 Å². The van der Waals surface area contributed by atoms with E-state index in [1.807, 2.05) is 256 Å². The Morgan fingerprint density at radius 1 is 0.242 bits per heavy atom. The summed E-state index contributed by atoms with van der Waals surface area (Å²) < 4.78 is 0. The van der Waals surface area contributed by atoms with Crippen molar-refractivity contribution in [2.75, 3.05) is 0 Å². The van der Waals surface area contributed by atoms with Crippen LogP contribution < -0.4 is 0 Å². The molecular weight excluding hydrogens is 811 g/mol. The maximum Gasteiger partial charge on any atom is 0.128 e. The fourth-order valence-corrected chi connectivity index (χ4v) is 2.44. The van der Waals surface area contributed by atoms with Crippen LogP contribution in [0.25, 0.3) is 0 Å². The molecule has 66 heavy (non-hydrogen) atoms. The first-order valence-corrected chi connectivity index (χ1v) is 25.1. The summed E-state index contributed by atoms with van der Waals surface area (Å²) in [4.78, 5) is 34.0. The molecule has 9 nitrogen and oxygen atoms in total. The Morgan fingerprint density at radius 3 is 0.773 bits per heavy atom. The SMILES string of the molecule is CC.CC.CC.CC.CC.CC.CC.CC.CC.CC.CC.CC.Cc1ccccc1.Cc1cccnc1.Cc1ccncc1.Cc1ccncn1.Cc1cncnc1.Cc1ncncn1. The van der Waals surface area contributed by atoms with Crippen molar-refractivity contribution in [2.24, 2.45) is 0 Å². The molecule has 0 amide bonds. The lowest BCUT2D eigenvalue weighted by Gasteiger charge is -1.82. The lowest BCUT2D eigenvalue weighted by Crippen LogP contribution is -1.84. The van der Waals surface area contributed by atoms with Gasteiger partial charge in [0.1, 0.15) is 31.1 Å². The summed E-state index contributed by atoms with van der Waals surface area (Å²) >= 11 is 0. The molecule has 0 N–H and O–H groups in total. The number of aromatic nitrogens is 9. The summed E-state index contributed by atoms with van der Waals surface area (Å²) in [7, 11) is 0. The van der Waals surface area contributed by atoms with Gasteiger partial charge in [-0.1, -0.05) is 208 Å². The molecule has 0 saturated heterocycles. The molecule has 0 aliphatic rings. The van der Waals surface area contributed by atoms with E-state index in [2.05, 4.69) is 63.9 Å². The van der Waals surface area contributed by atoms with E-state index in [9.17, 15) is 0 Å². The van der Waals surface area contributed by atoms with E-state index in [0.717, 1.165) is 17.1 Å². The van der Waals surface area contributed by atoms with Crippen molar-refractivity contribution in [3.8, 4) is 0 Å². The number of hydrogen-bond donors (Lipinski definition) is 0. The molecule has 9 heteroatoms. The van der Waals surface area contributed by atoms with Crippen LogP contribution in [0.5, 0.6) is 0 Å². The highest BCUT2D eigenvalue weighted by atomic mass is 15.0. The monoisotopic (exact) mass is 922 g/mol. The summed E-state index contributed by atoms with van der Waals surface area (Å²) in [6.45, 7) is 59.9. The van der Waals surface area contributed by atoms with Crippen molar-refractivity contribution >= 4 is 0 Å². The standard InChI is InChI=1S/C7H8.2C6H7N.2C5H6N2.C4H5N3.12C2H6/c1-7-5-3-2-4-6-7;1-6-2-4-7-5-3-6;1-6-3-2-4-7-5-6;1-5-2-6-4-7-3-5;1-5-2-3-6-4-7-5;1-4-6-2-5-3-7-4;12*1-2/h2-6H,1H3;2*2-5H,1H3;2*2-4H,1H3;2-3H,1H3;12*1-2H3. The molecule has 0 aliphatic carbocycles. The van der Waals surface area contributed by atoms with Crippen LogP contribution in [0.4, 0.5) is 0 Å². The van der Waals surface area contributed by atoms with Crippen LogP contribution in [0.3, 0.4) is 0 Å². The normalized spacial score (nSPS) is 6.64. The molecule has 6 aromatic rings. The molecule has 384 valence electrons. The van der Waals surface area contributed by atoms with E-state index in [4.69, 9.17) is 0 Å². The Hall–Kier alpha value is -5.31. The first-order valence-electron chi connectivity index (χ1n) is 25.1. The van der Waals surface area contributed by atoms with Gasteiger partial charge in [0.2, 0.25) is 0 Å². The van der Waals surface area contributed by atoms with Gasteiger partial charge in [0.25, 0.3) is 0 Å². The molecule has 0 unspecified atom stereocenters. The Labute approximate surface area is 414 Å². The number of hydrogen-bond acceptors (Lipinski definition) is 9. The van der Waals surface area contributed by atoms with Crippen LogP contribution in [0.1, 0.15) is 200 Å². The van der Waals surface area contributed by atoms with Gasteiger partial charge in [0.05, 0.1) is 0 Å². The van der Waals surface area contributed by atoms with E-state index in [0.29, 0.717) is 0 Å². The third kappa shape index (κ3) is 107. The summed E-state index contributed by atoms with van der Waals surface area (Å²) in [6, 6.07) is 20.0. The molecule has 0 spiro atoms. The Balaban J connectivity index is -0.0000000486. The lowest BCUT2D eigenvalue weighted by molar-refractivity contribution is 0.974. The number of nitrogens with zero attached hydrogens (tertiary/aromatic N) is 9. The number of benzene rings is 1. The minimum absolute atomic E-state index is 0.759. The van der Waals surface area contributed by atoms with Crippen LogP contribution >= 0.6 is 0 Å². The van der Waals surface area contributed by atoms with Crippen LogP contribution in [-0.2, 0) is 0 Å². The second-order valence-corrected chi connectivity index (χ2v) is 8.66. The molecule has 0 atom stereocenters. The summed E-state index contributed by atoms with van der Waals surface area (Å²) in [5.41, 5.74) is 5.90. The Morgan fingerprint density at radius 2 is 0.591 bits per heavy atom. The number of pyridine rings is 2. The van der Waals surface area contributed by atoms with Gasteiger partial charge < -0.3 is 0 Å². The van der Waals surface area contributed by atoms with Crippen LogP contribution in [0, 0.1) is 41.5 Å². The topological polar surface area (TPSA) is 116 Å². The molecule has 0 radical (unpaired) electrons. The van der Waals surface area contributed by atoms with Gasteiger partial charge in [-0.05, 0) is 82.5 Å². The minimum atomic E-state index is 0.759. The van der Waals surface area contributed by atoms with E-state index in [1.54, 1.807) is 37.2 Å². The van der Waals surface area contributed by atoms with Gasteiger partial charge >= 0.3 is 0 Å². The Kier molecular flexibility index (Phi) is 156. The molecule has 1 aromatic carbocycles. The van der Waals surface area contributed by atoms with Crippen molar-refractivity contribution in [2.45, 2.75) is 208 Å². The molecule has 5 aromatic heterocycles. The zero-order chi connectivity index (χ0) is 54.7. The van der Waals surface area contributed by atoms with Crippen molar-refractivity contribution in [3.63, 3.8) is 0 Å². The molecule has 0 fully saturated rings. The van der Waals surface area contributed by atoms with E-state index < -0.39 is 0 Å². The molecular formula is C57H111N9. The predicted octanol–water partition coefficient (Wildman–Crippen LogP) is 18.8. The summed E-state index contributed by atoms with van der Waals surface area (Å²) in [5, 5.41) is 0. The average molecular weight is 923 g/mol. The largest absolute Gasteiger partial charge is 0.265 e. The summed E-state index contributed by atoms with van der Waals surface area (Å²) in [5.74, 6) is 0.759. The smallest absolute Gasteiger partial charge is 0.128 e.